The lowest BCUT2D eigenvalue weighted by atomic mass is 9.97. The molecule has 0 amide bonds. The van der Waals surface area contributed by atoms with Gasteiger partial charge in [-0.15, -0.1) is 0 Å². The predicted octanol–water partition coefficient (Wildman–Crippen LogP) is 3.63. The maximum absolute atomic E-state index is 13.3. The number of halogens is 9. The maximum Gasteiger partial charge on any atom is 0.410 e. The number of carbonyl (C=O) groups is 2. The van der Waals surface area contributed by atoms with Gasteiger partial charge < -0.3 is 9.47 Å². The Morgan fingerprint density at radius 1 is 0.731 bits per heavy atom. The first kappa shape index (κ1) is 24.3. The van der Waals surface area contributed by atoms with Crippen LogP contribution in [-0.4, -0.2) is 55.5 Å². The highest BCUT2D eigenvalue weighted by Gasteiger charge is 2.83. The van der Waals surface area contributed by atoms with Crippen LogP contribution in [0.15, 0.2) is 0 Å². The molecule has 13 heteroatoms. The number of rotatable bonds is 8. The predicted molar refractivity (Wildman–Crippen MR) is 67.1 cm³/mol. The number of hydrogen-bond acceptors (Lipinski definition) is 4. The monoisotopic (exact) mass is 406 g/mol. The molecule has 0 saturated carbocycles. The van der Waals surface area contributed by atoms with Crippen LogP contribution < -0.4 is 0 Å². The molecule has 26 heavy (non-hydrogen) atoms. The highest BCUT2D eigenvalue weighted by atomic mass is 19.4. The van der Waals surface area contributed by atoms with E-state index in [0.29, 0.717) is 0 Å². The molecule has 0 aromatic heterocycles. The van der Waals surface area contributed by atoms with Crippen LogP contribution in [0.25, 0.3) is 0 Å². The standard InChI is InChI=1S/C13H15F9O4/c1-9(2,3)7(23)25-4-5-26-8(24)11(17,18)13(21,22)12(19,20)10(15,16)6-14/h4-6H2,1-3H3. The van der Waals surface area contributed by atoms with Gasteiger partial charge in [0, 0.05) is 0 Å². The normalized spacial score (nSPS) is 14.2. The van der Waals surface area contributed by atoms with Crippen molar-refractivity contribution in [3.63, 3.8) is 0 Å². The van der Waals surface area contributed by atoms with E-state index in [4.69, 9.17) is 0 Å². The van der Waals surface area contributed by atoms with E-state index in [0.717, 1.165) is 0 Å². The fraction of sp³-hybridized carbons (Fsp3) is 0.846. The number of hydrogen-bond donors (Lipinski definition) is 0. The van der Waals surface area contributed by atoms with Gasteiger partial charge in [-0.25, -0.2) is 9.18 Å². The first-order chi connectivity index (χ1) is 11.4. The topological polar surface area (TPSA) is 52.6 Å². The summed E-state index contributed by atoms with van der Waals surface area (Å²) in [5.41, 5.74) is -1.04. The molecule has 4 nitrogen and oxygen atoms in total. The van der Waals surface area contributed by atoms with E-state index in [1.807, 2.05) is 0 Å². The van der Waals surface area contributed by atoms with E-state index in [9.17, 15) is 49.1 Å². The molecule has 0 spiro atoms. The zero-order valence-corrected chi connectivity index (χ0v) is 13.7. The number of esters is 2. The van der Waals surface area contributed by atoms with E-state index in [1.54, 1.807) is 0 Å². The van der Waals surface area contributed by atoms with Crippen molar-refractivity contribution < 1.29 is 58.6 Å². The lowest BCUT2D eigenvalue weighted by Crippen LogP contribution is -2.65. The van der Waals surface area contributed by atoms with Crippen LogP contribution in [0.3, 0.4) is 0 Å². The van der Waals surface area contributed by atoms with Gasteiger partial charge in [0.25, 0.3) is 0 Å². The van der Waals surface area contributed by atoms with Crippen molar-refractivity contribution in [3.8, 4) is 0 Å². The highest BCUT2D eigenvalue weighted by molar-refractivity contribution is 5.79. The third-order valence-corrected chi connectivity index (χ3v) is 2.83. The molecule has 0 fully saturated rings. The van der Waals surface area contributed by atoms with Crippen molar-refractivity contribution in [1.29, 1.82) is 0 Å². The van der Waals surface area contributed by atoms with E-state index in [-0.39, 0.29) is 0 Å². The molecule has 0 aromatic carbocycles. The zero-order chi connectivity index (χ0) is 21.2. The molecule has 0 aromatic rings. The number of carbonyl (C=O) groups excluding carboxylic acids is 2. The van der Waals surface area contributed by atoms with Gasteiger partial charge in [0.2, 0.25) is 0 Å². The minimum Gasteiger partial charge on any atom is -0.462 e. The molecule has 0 atom stereocenters. The van der Waals surface area contributed by atoms with Crippen LogP contribution in [0.4, 0.5) is 39.5 Å². The summed E-state index contributed by atoms with van der Waals surface area (Å²) in [5.74, 6) is -30.6. The average molecular weight is 406 g/mol. The van der Waals surface area contributed by atoms with Gasteiger partial charge in [-0.3, -0.25) is 4.79 Å². The van der Waals surface area contributed by atoms with Crippen LogP contribution >= 0.6 is 0 Å². The Hall–Kier alpha value is -1.69. The van der Waals surface area contributed by atoms with Crippen molar-refractivity contribution >= 4 is 11.9 Å². The van der Waals surface area contributed by atoms with Gasteiger partial charge in [0.1, 0.15) is 13.2 Å². The first-order valence-electron chi connectivity index (χ1n) is 6.78. The fourth-order valence-electron chi connectivity index (χ4n) is 1.21. The lowest BCUT2D eigenvalue weighted by Gasteiger charge is -2.34. The molecular formula is C13H15F9O4. The average Bonchev–Trinajstić information content (AvgIpc) is 2.49. The summed E-state index contributed by atoms with van der Waals surface area (Å²) < 4.78 is 124. The second-order valence-electron chi connectivity index (χ2n) is 6.08. The molecule has 0 N–H and O–H groups in total. The smallest absolute Gasteiger partial charge is 0.410 e. The molecule has 0 saturated heterocycles. The summed E-state index contributed by atoms with van der Waals surface area (Å²) >= 11 is 0. The summed E-state index contributed by atoms with van der Waals surface area (Å²) in [5, 5.41) is 0. The molecule has 154 valence electrons. The minimum atomic E-state index is -6.96. The van der Waals surface area contributed by atoms with Crippen LogP contribution in [0, 0.1) is 5.41 Å². The first-order valence-corrected chi connectivity index (χ1v) is 6.78. The van der Waals surface area contributed by atoms with Crippen LogP contribution in [-0.2, 0) is 19.1 Å². The highest BCUT2D eigenvalue weighted by Crippen LogP contribution is 2.52. The Balaban J connectivity index is 5.09. The Labute approximate surface area is 141 Å². The van der Waals surface area contributed by atoms with Crippen LogP contribution in [0.2, 0.25) is 0 Å². The van der Waals surface area contributed by atoms with Crippen molar-refractivity contribution in [2.75, 3.05) is 19.9 Å². The third kappa shape index (κ3) is 4.53. The second kappa shape index (κ2) is 7.51. The van der Waals surface area contributed by atoms with Gasteiger partial charge in [0.15, 0.2) is 6.67 Å². The quantitative estimate of drug-likeness (QED) is 0.351. The summed E-state index contributed by atoms with van der Waals surface area (Å²) in [4.78, 5) is 22.2. The van der Waals surface area contributed by atoms with Crippen molar-refractivity contribution in [2.45, 2.75) is 44.5 Å². The Bertz CT molecular complexity index is 526. The summed E-state index contributed by atoms with van der Waals surface area (Å²) in [6, 6.07) is 0. The molecule has 0 rings (SSSR count). The van der Waals surface area contributed by atoms with Gasteiger partial charge in [0.05, 0.1) is 5.41 Å². The van der Waals surface area contributed by atoms with E-state index in [2.05, 4.69) is 9.47 Å². The molecule has 0 unspecified atom stereocenters. The van der Waals surface area contributed by atoms with Gasteiger partial charge in [-0.1, -0.05) is 0 Å². The van der Waals surface area contributed by atoms with Gasteiger partial charge in [-0.05, 0) is 20.8 Å². The Kier molecular flexibility index (Phi) is 7.02. The molecule has 0 radical (unpaired) electrons. The molecule has 0 aliphatic rings. The third-order valence-electron chi connectivity index (χ3n) is 2.83. The Morgan fingerprint density at radius 2 is 1.12 bits per heavy atom. The summed E-state index contributed by atoms with van der Waals surface area (Å²) in [7, 11) is 0. The van der Waals surface area contributed by atoms with Crippen LogP contribution in [0.5, 0.6) is 0 Å². The molecule has 0 aliphatic carbocycles. The zero-order valence-electron chi connectivity index (χ0n) is 13.7. The maximum atomic E-state index is 13.3. The molecule has 0 heterocycles. The molecular weight excluding hydrogens is 391 g/mol. The SMILES string of the molecule is CC(C)(C)C(=O)OCCOC(=O)C(F)(F)C(F)(F)C(F)(F)C(F)(F)CF. The van der Waals surface area contributed by atoms with E-state index < -0.39 is 60.9 Å². The Morgan fingerprint density at radius 3 is 1.46 bits per heavy atom. The number of ether oxygens (including phenoxy) is 2. The van der Waals surface area contributed by atoms with E-state index in [1.165, 1.54) is 20.8 Å². The lowest BCUT2D eigenvalue weighted by molar-refractivity contribution is -0.361. The molecule has 0 aliphatic heterocycles. The summed E-state index contributed by atoms with van der Waals surface area (Å²) in [6.45, 7) is -1.32. The summed E-state index contributed by atoms with van der Waals surface area (Å²) in [6.07, 6.45) is 0. The van der Waals surface area contributed by atoms with E-state index >= 15 is 0 Å². The fourth-order valence-corrected chi connectivity index (χ4v) is 1.21. The van der Waals surface area contributed by atoms with Crippen molar-refractivity contribution in [1.82, 2.24) is 0 Å². The van der Waals surface area contributed by atoms with Crippen molar-refractivity contribution in [3.05, 3.63) is 0 Å². The molecule has 0 bridgehead atoms. The van der Waals surface area contributed by atoms with Gasteiger partial charge >= 0.3 is 35.6 Å². The second-order valence-corrected chi connectivity index (χ2v) is 6.08. The number of alkyl halides is 9. The largest absolute Gasteiger partial charge is 0.462 e. The van der Waals surface area contributed by atoms with Crippen LogP contribution in [0.1, 0.15) is 20.8 Å². The van der Waals surface area contributed by atoms with Gasteiger partial charge in [-0.2, -0.15) is 35.1 Å². The van der Waals surface area contributed by atoms with Crippen molar-refractivity contribution in [2.24, 2.45) is 5.41 Å². The minimum absolute atomic E-state index is 0.888.